The molecular formula is C17H18BrClFN. The summed E-state index contributed by atoms with van der Waals surface area (Å²) in [5.74, 6) is -0.210. The number of hydrogen-bond acceptors (Lipinski definition) is 1. The van der Waals surface area contributed by atoms with Gasteiger partial charge in [0.2, 0.25) is 0 Å². The lowest BCUT2D eigenvalue weighted by Gasteiger charge is -2.20. The molecule has 0 bridgehead atoms. The van der Waals surface area contributed by atoms with E-state index < -0.39 is 0 Å². The Labute approximate surface area is 138 Å². The third-order valence-corrected chi connectivity index (χ3v) is 4.37. The SMILES string of the molecule is CCCNC(Cc1cc(F)ccc1Br)c1ccc(Cl)cc1. The van der Waals surface area contributed by atoms with Gasteiger partial charge in [-0.05, 0) is 60.8 Å². The molecule has 0 saturated heterocycles. The number of rotatable bonds is 6. The molecule has 0 spiro atoms. The van der Waals surface area contributed by atoms with Crippen LogP contribution in [-0.2, 0) is 6.42 Å². The Balaban J connectivity index is 2.23. The lowest BCUT2D eigenvalue weighted by Crippen LogP contribution is -2.24. The van der Waals surface area contributed by atoms with E-state index >= 15 is 0 Å². The molecule has 4 heteroatoms. The molecule has 0 fully saturated rings. The van der Waals surface area contributed by atoms with E-state index in [-0.39, 0.29) is 11.9 Å². The van der Waals surface area contributed by atoms with Crippen molar-refractivity contribution in [1.82, 2.24) is 5.32 Å². The monoisotopic (exact) mass is 369 g/mol. The maximum Gasteiger partial charge on any atom is 0.123 e. The third-order valence-electron chi connectivity index (χ3n) is 3.34. The molecule has 0 aliphatic heterocycles. The summed E-state index contributed by atoms with van der Waals surface area (Å²) in [5, 5.41) is 4.24. The van der Waals surface area contributed by atoms with Crippen molar-refractivity contribution in [3.63, 3.8) is 0 Å². The maximum atomic E-state index is 13.4. The minimum absolute atomic E-state index is 0.139. The predicted octanol–water partition coefficient (Wildman–Crippen LogP) is 5.53. The van der Waals surface area contributed by atoms with E-state index in [9.17, 15) is 4.39 Å². The fraction of sp³-hybridized carbons (Fsp3) is 0.294. The highest BCUT2D eigenvalue weighted by molar-refractivity contribution is 9.10. The van der Waals surface area contributed by atoms with Crippen LogP contribution in [0.3, 0.4) is 0 Å². The van der Waals surface area contributed by atoms with Gasteiger partial charge in [0.1, 0.15) is 5.82 Å². The van der Waals surface area contributed by atoms with Crippen LogP contribution in [-0.4, -0.2) is 6.54 Å². The fourth-order valence-electron chi connectivity index (χ4n) is 2.24. The Morgan fingerprint density at radius 3 is 2.57 bits per heavy atom. The van der Waals surface area contributed by atoms with Crippen LogP contribution in [0.4, 0.5) is 4.39 Å². The van der Waals surface area contributed by atoms with Gasteiger partial charge in [-0.1, -0.05) is 46.6 Å². The zero-order valence-electron chi connectivity index (χ0n) is 11.9. The first kappa shape index (κ1) is 16.5. The van der Waals surface area contributed by atoms with E-state index in [1.165, 1.54) is 6.07 Å². The molecule has 2 aromatic rings. The summed E-state index contributed by atoms with van der Waals surface area (Å²) < 4.78 is 14.4. The highest BCUT2D eigenvalue weighted by Crippen LogP contribution is 2.25. The summed E-state index contributed by atoms with van der Waals surface area (Å²) in [6.07, 6.45) is 1.77. The molecule has 0 saturated carbocycles. The lowest BCUT2D eigenvalue weighted by atomic mass is 9.98. The number of halogens is 3. The smallest absolute Gasteiger partial charge is 0.123 e. The Bertz CT molecular complexity index is 586. The van der Waals surface area contributed by atoms with Gasteiger partial charge in [0, 0.05) is 15.5 Å². The Hall–Kier alpha value is -0.900. The summed E-state index contributed by atoms with van der Waals surface area (Å²) >= 11 is 9.45. The highest BCUT2D eigenvalue weighted by atomic mass is 79.9. The van der Waals surface area contributed by atoms with Crippen LogP contribution in [0.15, 0.2) is 46.9 Å². The number of benzene rings is 2. The topological polar surface area (TPSA) is 12.0 Å². The first-order valence-electron chi connectivity index (χ1n) is 7.03. The molecule has 0 aliphatic rings. The van der Waals surface area contributed by atoms with Crippen LogP contribution in [0, 0.1) is 5.82 Å². The van der Waals surface area contributed by atoms with Crippen molar-refractivity contribution in [1.29, 1.82) is 0 Å². The average Bonchev–Trinajstić information content (AvgIpc) is 2.48. The van der Waals surface area contributed by atoms with Crippen LogP contribution in [0.5, 0.6) is 0 Å². The molecular weight excluding hydrogens is 353 g/mol. The standard InChI is InChI=1S/C17H18BrClFN/c1-2-9-21-17(12-3-5-14(19)6-4-12)11-13-10-15(20)7-8-16(13)18/h3-8,10,17,21H,2,9,11H2,1H3. The molecule has 0 radical (unpaired) electrons. The van der Waals surface area contributed by atoms with Crippen LogP contribution >= 0.6 is 27.5 Å². The van der Waals surface area contributed by atoms with Crippen molar-refractivity contribution in [3.05, 3.63) is 68.9 Å². The van der Waals surface area contributed by atoms with Gasteiger partial charge in [0.25, 0.3) is 0 Å². The second kappa shape index (κ2) is 7.92. The van der Waals surface area contributed by atoms with Gasteiger partial charge < -0.3 is 5.32 Å². The normalized spacial score (nSPS) is 12.4. The molecule has 112 valence electrons. The first-order valence-corrected chi connectivity index (χ1v) is 8.20. The fourth-order valence-corrected chi connectivity index (χ4v) is 2.78. The predicted molar refractivity (Wildman–Crippen MR) is 90.3 cm³/mol. The summed E-state index contributed by atoms with van der Waals surface area (Å²) in [5.41, 5.74) is 2.11. The molecule has 1 unspecified atom stereocenters. The molecule has 1 atom stereocenters. The summed E-state index contributed by atoms with van der Waals surface area (Å²) in [7, 11) is 0. The van der Waals surface area contributed by atoms with Crippen molar-refractivity contribution < 1.29 is 4.39 Å². The minimum Gasteiger partial charge on any atom is -0.310 e. The van der Waals surface area contributed by atoms with E-state index in [0.29, 0.717) is 0 Å². The summed E-state index contributed by atoms with van der Waals surface area (Å²) in [6, 6.07) is 12.7. The summed E-state index contributed by atoms with van der Waals surface area (Å²) in [4.78, 5) is 0. The van der Waals surface area contributed by atoms with E-state index in [0.717, 1.165) is 40.0 Å². The molecule has 0 aliphatic carbocycles. The first-order chi connectivity index (χ1) is 10.1. The highest BCUT2D eigenvalue weighted by Gasteiger charge is 2.14. The van der Waals surface area contributed by atoms with Crippen molar-refractivity contribution in [2.75, 3.05) is 6.54 Å². The largest absolute Gasteiger partial charge is 0.310 e. The molecule has 21 heavy (non-hydrogen) atoms. The van der Waals surface area contributed by atoms with E-state index in [4.69, 9.17) is 11.6 Å². The lowest BCUT2D eigenvalue weighted by molar-refractivity contribution is 0.526. The van der Waals surface area contributed by atoms with Crippen LogP contribution in [0.2, 0.25) is 5.02 Å². The minimum atomic E-state index is -0.210. The Morgan fingerprint density at radius 1 is 1.19 bits per heavy atom. The van der Waals surface area contributed by atoms with Crippen molar-refractivity contribution in [3.8, 4) is 0 Å². The Kier molecular flexibility index (Phi) is 6.22. The van der Waals surface area contributed by atoms with Gasteiger partial charge in [-0.15, -0.1) is 0 Å². The van der Waals surface area contributed by atoms with Crippen molar-refractivity contribution in [2.45, 2.75) is 25.8 Å². The van der Waals surface area contributed by atoms with Crippen LogP contribution in [0.25, 0.3) is 0 Å². The zero-order valence-corrected chi connectivity index (χ0v) is 14.2. The summed E-state index contributed by atoms with van der Waals surface area (Å²) in [6.45, 7) is 3.05. The molecule has 2 aromatic carbocycles. The second-order valence-corrected chi connectivity index (χ2v) is 6.29. The van der Waals surface area contributed by atoms with Gasteiger partial charge in [0.05, 0.1) is 0 Å². The third kappa shape index (κ3) is 4.80. The molecule has 2 rings (SSSR count). The van der Waals surface area contributed by atoms with Gasteiger partial charge in [-0.2, -0.15) is 0 Å². The Morgan fingerprint density at radius 2 is 1.90 bits per heavy atom. The molecule has 0 amide bonds. The zero-order chi connectivity index (χ0) is 15.2. The molecule has 1 N–H and O–H groups in total. The quantitative estimate of drug-likeness (QED) is 0.705. The number of hydrogen-bond donors (Lipinski definition) is 1. The van der Waals surface area contributed by atoms with E-state index in [1.54, 1.807) is 12.1 Å². The van der Waals surface area contributed by atoms with Gasteiger partial charge in [-0.25, -0.2) is 4.39 Å². The van der Waals surface area contributed by atoms with E-state index in [2.05, 4.69) is 28.2 Å². The van der Waals surface area contributed by atoms with Crippen molar-refractivity contribution >= 4 is 27.5 Å². The van der Waals surface area contributed by atoms with Crippen LogP contribution < -0.4 is 5.32 Å². The molecule has 1 nitrogen and oxygen atoms in total. The van der Waals surface area contributed by atoms with Gasteiger partial charge >= 0.3 is 0 Å². The van der Waals surface area contributed by atoms with Crippen LogP contribution in [0.1, 0.15) is 30.5 Å². The van der Waals surface area contributed by atoms with Gasteiger partial charge in [0.15, 0.2) is 0 Å². The van der Waals surface area contributed by atoms with Crippen molar-refractivity contribution in [2.24, 2.45) is 0 Å². The average molecular weight is 371 g/mol. The van der Waals surface area contributed by atoms with Gasteiger partial charge in [-0.3, -0.25) is 0 Å². The maximum absolute atomic E-state index is 13.4. The van der Waals surface area contributed by atoms with E-state index in [1.807, 2.05) is 24.3 Å². The number of nitrogens with one attached hydrogen (secondary N) is 1. The molecule has 0 aromatic heterocycles. The second-order valence-electron chi connectivity index (χ2n) is 5.00. The molecule has 0 heterocycles.